The zero-order valence-corrected chi connectivity index (χ0v) is 21.6. The Kier molecular flexibility index (Phi) is 12.6. The van der Waals surface area contributed by atoms with E-state index < -0.39 is 11.6 Å². The molecule has 0 aromatic carbocycles. The van der Waals surface area contributed by atoms with Crippen molar-refractivity contribution in [3.05, 3.63) is 0 Å². The minimum atomic E-state index is -0.963. The maximum Gasteiger partial charge on any atom is 0.243 e. The molecule has 2 N–H and O–H groups in total. The Morgan fingerprint density at radius 3 is 2.30 bits per heavy atom. The van der Waals surface area contributed by atoms with Crippen LogP contribution in [0.25, 0.3) is 0 Å². The number of hydrogen-bond acceptors (Lipinski definition) is 5. The van der Waals surface area contributed by atoms with Gasteiger partial charge in [-0.25, -0.2) is 0 Å². The summed E-state index contributed by atoms with van der Waals surface area (Å²) < 4.78 is 0. The van der Waals surface area contributed by atoms with E-state index in [-0.39, 0.29) is 36.3 Å². The van der Waals surface area contributed by atoms with Crippen LogP contribution in [0.3, 0.4) is 0 Å². The number of nitrogens with one attached hydrogen (secondary N) is 2. The second-order valence-corrected chi connectivity index (χ2v) is 10.1. The van der Waals surface area contributed by atoms with E-state index in [2.05, 4.69) is 17.6 Å². The zero-order chi connectivity index (χ0) is 25.0. The third-order valence-corrected chi connectivity index (χ3v) is 6.41. The minimum absolute atomic E-state index is 0.127. The third-order valence-electron chi connectivity index (χ3n) is 6.41. The lowest BCUT2D eigenvalue weighted by Crippen LogP contribution is -2.57. The van der Waals surface area contributed by atoms with Crippen LogP contribution in [0.2, 0.25) is 0 Å². The fraction of sp³-hybridized carbons (Fsp3) is 0.840. The molecule has 8 heteroatoms. The van der Waals surface area contributed by atoms with Crippen LogP contribution in [0, 0.1) is 0 Å². The summed E-state index contributed by atoms with van der Waals surface area (Å²) >= 11 is 0. The van der Waals surface area contributed by atoms with E-state index in [0.717, 1.165) is 44.9 Å². The molecule has 33 heavy (non-hydrogen) atoms. The van der Waals surface area contributed by atoms with E-state index in [1.807, 2.05) is 25.8 Å². The molecular formula is C25H46N4O4. The second kappa shape index (κ2) is 14.3. The second-order valence-electron chi connectivity index (χ2n) is 10.1. The van der Waals surface area contributed by atoms with E-state index in [1.54, 1.807) is 13.8 Å². The molecule has 3 amide bonds. The van der Waals surface area contributed by atoms with Crippen molar-refractivity contribution in [1.29, 1.82) is 0 Å². The highest BCUT2D eigenvalue weighted by molar-refractivity contribution is 5.92. The number of rotatable bonds is 15. The van der Waals surface area contributed by atoms with Crippen molar-refractivity contribution in [1.82, 2.24) is 20.4 Å². The third kappa shape index (κ3) is 9.43. The van der Waals surface area contributed by atoms with Crippen molar-refractivity contribution in [3.8, 4) is 0 Å². The number of aldehydes is 1. The van der Waals surface area contributed by atoms with Gasteiger partial charge in [0.2, 0.25) is 17.7 Å². The number of likely N-dealkylation sites (N-methyl/N-ethyl adjacent to an activating group) is 1. The van der Waals surface area contributed by atoms with Crippen LogP contribution >= 0.6 is 0 Å². The topological polar surface area (TPSA) is 98.8 Å². The lowest BCUT2D eigenvalue weighted by Gasteiger charge is -2.37. The van der Waals surface area contributed by atoms with Crippen LogP contribution < -0.4 is 10.6 Å². The van der Waals surface area contributed by atoms with Crippen molar-refractivity contribution < 1.29 is 19.2 Å². The Morgan fingerprint density at radius 1 is 1.12 bits per heavy atom. The quantitative estimate of drug-likeness (QED) is 0.286. The average Bonchev–Trinajstić information content (AvgIpc) is 3.19. The van der Waals surface area contributed by atoms with Gasteiger partial charge in [-0.2, -0.15) is 0 Å². The first-order valence-corrected chi connectivity index (χ1v) is 12.6. The molecule has 0 aromatic heterocycles. The van der Waals surface area contributed by atoms with Crippen molar-refractivity contribution in [2.24, 2.45) is 0 Å². The van der Waals surface area contributed by atoms with Crippen LogP contribution in [-0.4, -0.2) is 77.6 Å². The highest BCUT2D eigenvalue weighted by atomic mass is 16.2. The standard InChI is InChI=1S/C25H46N4O4/c1-7-8-9-10-11-12-14-20(27-24(33)21-15-13-16-28(21)6)23(32)26-17-22(31)29(19(2)3)25(4,5)18-30/h18-21H,7-17H2,1-6H3,(H,26,32)(H,27,33)/t20?,21-/m0/s1. The van der Waals surface area contributed by atoms with Gasteiger partial charge in [-0.3, -0.25) is 19.3 Å². The largest absolute Gasteiger partial charge is 0.345 e. The SMILES string of the molecule is CCCCCCCCC(NC(=O)[C@@H]1CCCN1C)C(=O)NCC(=O)N(C(C)C)C(C)(C)C=O. The van der Waals surface area contributed by atoms with Crippen molar-refractivity contribution >= 4 is 24.0 Å². The Morgan fingerprint density at radius 2 is 1.76 bits per heavy atom. The number of nitrogens with zero attached hydrogens (tertiary/aromatic N) is 2. The predicted molar refractivity (Wildman–Crippen MR) is 131 cm³/mol. The van der Waals surface area contributed by atoms with E-state index >= 15 is 0 Å². The van der Waals surface area contributed by atoms with Crippen LogP contribution in [-0.2, 0) is 19.2 Å². The first-order valence-electron chi connectivity index (χ1n) is 12.6. The molecule has 1 aliphatic rings. The van der Waals surface area contributed by atoms with Gasteiger partial charge >= 0.3 is 0 Å². The van der Waals surface area contributed by atoms with Gasteiger partial charge in [0.25, 0.3) is 0 Å². The maximum absolute atomic E-state index is 13.0. The number of hydrogen-bond donors (Lipinski definition) is 2. The number of carbonyl (C=O) groups excluding carboxylic acids is 4. The monoisotopic (exact) mass is 466 g/mol. The molecule has 0 bridgehead atoms. The summed E-state index contributed by atoms with van der Waals surface area (Å²) in [5.41, 5.74) is -0.963. The summed E-state index contributed by atoms with van der Waals surface area (Å²) in [6.07, 6.45) is 9.57. The molecule has 8 nitrogen and oxygen atoms in total. The molecule has 1 unspecified atom stereocenters. The molecule has 0 radical (unpaired) electrons. The van der Waals surface area contributed by atoms with Crippen LogP contribution in [0.1, 0.15) is 92.4 Å². The summed E-state index contributed by atoms with van der Waals surface area (Å²) in [4.78, 5) is 53.6. The Balaban J connectivity index is 2.75. The molecule has 2 atom stereocenters. The molecule has 1 heterocycles. The fourth-order valence-corrected chi connectivity index (χ4v) is 4.61. The predicted octanol–water partition coefficient (Wildman–Crippen LogP) is 2.65. The lowest BCUT2D eigenvalue weighted by molar-refractivity contribution is -0.143. The summed E-state index contributed by atoms with van der Waals surface area (Å²) in [6, 6.07) is -1.07. The number of carbonyl (C=O) groups is 4. The van der Waals surface area contributed by atoms with Gasteiger partial charge in [0.15, 0.2) is 0 Å². The maximum atomic E-state index is 13.0. The summed E-state index contributed by atoms with van der Waals surface area (Å²) in [6.45, 7) is 9.88. The van der Waals surface area contributed by atoms with E-state index in [0.29, 0.717) is 6.42 Å². The molecule has 190 valence electrons. The molecule has 0 aromatic rings. The molecule has 0 spiro atoms. The lowest BCUT2D eigenvalue weighted by atomic mass is 10.0. The number of likely N-dealkylation sites (tertiary alicyclic amines) is 1. The summed E-state index contributed by atoms with van der Waals surface area (Å²) in [5.74, 6) is -0.799. The van der Waals surface area contributed by atoms with E-state index in [1.165, 1.54) is 24.2 Å². The van der Waals surface area contributed by atoms with Crippen LogP contribution in [0.5, 0.6) is 0 Å². The Hall–Kier alpha value is -1.96. The first kappa shape index (κ1) is 29.1. The molecule has 1 saturated heterocycles. The highest BCUT2D eigenvalue weighted by Crippen LogP contribution is 2.17. The molecule has 0 aliphatic carbocycles. The fourth-order valence-electron chi connectivity index (χ4n) is 4.61. The molecule has 1 rings (SSSR count). The number of unbranched alkanes of at least 4 members (excludes halogenated alkanes) is 5. The molecule has 1 aliphatic heterocycles. The smallest absolute Gasteiger partial charge is 0.243 e. The van der Waals surface area contributed by atoms with Gasteiger partial charge in [-0.1, -0.05) is 45.4 Å². The molecule has 0 saturated carbocycles. The minimum Gasteiger partial charge on any atom is -0.345 e. The Bertz CT molecular complexity index is 650. The van der Waals surface area contributed by atoms with Crippen molar-refractivity contribution in [2.45, 2.75) is 116 Å². The summed E-state index contributed by atoms with van der Waals surface area (Å²) in [5, 5.41) is 5.64. The van der Waals surface area contributed by atoms with Gasteiger partial charge in [0.1, 0.15) is 12.3 Å². The van der Waals surface area contributed by atoms with Crippen molar-refractivity contribution in [3.63, 3.8) is 0 Å². The molecule has 1 fully saturated rings. The van der Waals surface area contributed by atoms with Crippen LogP contribution in [0.15, 0.2) is 0 Å². The van der Waals surface area contributed by atoms with E-state index in [9.17, 15) is 19.2 Å². The van der Waals surface area contributed by atoms with Gasteiger partial charge < -0.3 is 20.3 Å². The average molecular weight is 467 g/mol. The first-order chi connectivity index (χ1) is 15.5. The van der Waals surface area contributed by atoms with Crippen LogP contribution in [0.4, 0.5) is 0 Å². The van der Waals surface area contributed by atoms with Gasteiger partial charge in [0.05, 0.1) is 18.1 Å². The highest BCUT2D eigenvalue weighted by Gasteiger charge is 2.34. The van der Waals surface area contributed by atoms with Gasteiger partial charge in [-0.05, 0) is 60.5 Å². The summed E-state index contributed by atoms with van der Waals surface area (Å²) in [7, 11) is 1.92. The molecular weight excluding hydrogens is 420 g/mol. The van der Waals surface area contributed by atoms with Crippen molar-refractivity contribution in [2.75, 3.05) is 20.1 Å². The Labute approximate surface area is 200 Å². The van der Waals surface area contributed by atoms with Gasteiger partial charge in [-0.15, -0.1) is 0 Å². The van der Waals surface area contributed by atoms with Gasteiger partial charge in [0, 0.05) is 6.04 Å². The van der Waals surface area contributed by atoms with E-state index in [4.69, 9.17) is 0 Å². The number of amides is 3. The zero-order valence-electron chi connectivity index (χ0n) is 21.6. The normalized spacial score (nSPS) is 17.6.